The van der Waals surface area contributed by atoms with Crippen molar-refractivity contribution in [2.45, 2.75) is 18.9 Å². The van der Waals surface area contributed by atoms with E-state index in [4.69, 9.17) is 9.26 Å². The Bertz CT molecular complexity index is 565. The zero-order valence-corrected chi connectivity index (χ0v) is 12.9. The van der Waals surface area contributed by atoms with Gasteiger partial charge < -0.3 is 14.6 Å². The highest BCUT2D eigenvalue weighted by molar-refractivity contribution is 7.99. The number of hydrogen-bond acceptors (Lipinski definition) is 6. The number of aromatic nitrogens is 2. The van der Waals surface area contributed by atoms with Crippen LogP contribution in [0.3, 0.4) is 0 Å². The zero-order valence-electron chi connectivity index (χ0n) is 12.0. The Kier molecular flexibility index (Phi) is 4.77. The van der Waals surface area contributed by atoms with Crippen LogP contribution in [0.5, 0.6) is 5.75 Å². The summed E-state index contributed by atoms with van der Waals surface area (Å²) in [7, 11) is 1.66. The van der Waals surface area contributed by atoms with Crippen LogP contribution in [0.15, 0.2) is 28.8 Å². The van der Waals surface area contributed by atoms with Gasteiger partial charge in [0.05, 0.1) is 7.11 Å². The molecule has 0 radical (unpaired) electrons. The molecule has 2 heterocycles. The molecule has 3 rings (SSSR count). The maximum Gasteiger partial charge on any atom is 0.228 e. The van der Waals surface area contributed by atoms with Gasteiger partial charge in [-0.2, -0.15) is 16.7 Å². The average Bonchev–Trinajstić information content (AvgIpc) is 2.96. The average molecular weight is 305 g/mol. The normalized spacial score (nSPS) is 18.6. The Labute approximate surface area is 128 Å². The number of methoxy groups -OCH3 is 1. The van der Waals surface area contributed by atoms with Gasteiger partial charge in [-0.3, -0.25) is 0 Å². The zero-order chi connectivity index (χ0) is 14.5. The largest absolute Gasteiger partial charge is 0.497 e. The van der Waals surface area contributed by atoms with E-state index in [0.717, 1.165) is 41.7 Å². The fourth-order valence-electron chi connectivity index (χ4n) is 2.33. The van der Waals surface area contributed by atoms with Crippen LogP contribution in [0, 0.1) is 0 Å². The van der Waals surface area contributed by atoms with E-state index in [-0.39, 0.29) is 0 Å². The van der Waals surface area contributed by atoms with Gasteiger partial charge in [0.1, 0.15) is 5.75 Å². The lowest BCUT2D eigenvalue weighted by Gasteiger charge is -2.21. The second-order valence-corrected chi connectivity index (χ2v) is 6.21. The van der Waals surface area contributed by atoms with Crippen molar-refractivity contribution in [1.29, 1.82) is 0 Å². The van der Waals surface area contributed by atoms with Crippen molar-refractivity contribution in [2.24, 2.45) is 0 Å². The minimum atomic E-state index is 0.443. The van der Waals surface area contributed by atoms with E-state index >= 15 is 0 Å². The Morgan fingerprint density at radius 1 is 1.38 bits per heavy atom. The molecule has 1 aliphatic rings. The first kappa shape index (κ1) is 14.4. The standard InChI is InChI=1S/C15H19N3O2S/c1-19-13-4-2-11(3-5-13)8-14-17-15(20-18-14)9-12-10-21-7-6-16-12/h2-5,12,16H,6-10H2,1H3. The quantitative estimate of drug-likeness (QED) is 0.910. The smallest absolute Gasteiger partial charge is 0.228 e. The molecule has 0 amide bonds. The highest BCUT2D eigenvalue weighted by atomic mass is 32.2. The molecule has 0 aliphatic carbocycles. The van der Waals surface area contributed by atoms with E-state index in [2.05, 4.69) is 15.5 Å². The summed E-state index contributed by atoms with van der Waals surface area (Å²) in [6.07, 6.45) is 1.49. The van der Waals surface area contributed by atoms with Crippen molar-refractivity contribution < 1.29 is 9.26 Å². The summed E-state index contributed by atoms with van der Waals surface area (Å²) in [4.78, 5) is 4.48. The molecule has 1 aromatic heterocycles. The fourth-order valence-corrected chi connectivity index (χ4v) is 3.28. The van der Waals surface area contributed by atoms with Crippen LogP contribution in [-0.2, 0) is 12.8 Å². The third-order valence-corrected chi connectivity index (χ3v) is 4.58. The summed E-state index contributed by atoms with van der Waals surface area (Å²) in [5, 5.41) is 7.54. The number of rotatable bonds is 5. The van der Waals surface area contributed by atoms with Gasteiger partial charge in [0, 0.05) is 36.9 Å². The molecule has 6 heteroatoms. The Balaban J connectivity index is 1.58. The number of benzene rings is 1. The molecule has 21 heavy (non-hydrogen) atoms. The Hall–Kier alpha value is -1.53. The molecule has 1 fully saturated rings. The molecule has 112 valence electrons. The van der Waals surface area contributed by atoms with Gasteiger partial charge in [-0.05, 0) is 17.7 Å². The van der Waals surface area contributed by atoms with Gasteiger partial charge >= 0.3 is 0 Å². The van der Waals surface area contributed by atoms with Crippen LogP contribution in [0.2, 0.25) is 0 Å². The van der Waals surface area contributed by atoms with E-state index in [9.17, 15) is 0 Å². The SMILES string of the molecule is COc1ccc(Cc2noc(CC3CSCCN3)n2)cc1. The predicted molar refractivity (Wildman–Crippen MR) is 82.9 cm³/mol. The highest BCUT2D eigenvalue weighted by Gasteiger charge is 2.17. The highest BCUT2D eigenvalue weighted by Crippen LogP contribution is 2.15. The summed E-state index contributed by atoms with van der Waals surface area (Å²) in [6, 6.07) is 8.37. The summed E-state index contributed by atoms with van der Waals surface area (Å²) in [5.74, 6) is 4.60. The van der Waals surface area contributed by atoms with Crippen LogP contribution >= 0.6 is 11.8 Å². The summed E-state index contributed by atoms with van der Waals surface area (Å²) < 4.78 is 10.5. The molecule has 0 saturated carbocycles. The summed E-state index contributed by atoms with van der Waals surface area (Å²) >= 11 is 1.97. The third kappa shape index (κ3) is 3.98. The van der Waals surface area contributed by atoms with Gasteiger partial charge in [-0.1, -0.05) is 17.3 Å². The second kappa shape index (κ2) is 6.95. The van der Waals surface area contributed by atoms with Crippen LogP contribution in [0.1, 0.15) is 17.3 Å². The number of hydrogen-bond donors (Lipinski definition) is 1. The van der Waals surface area contributed by atoms with E-state index in [1.807, 2.05) is 36.0 Å². The lowest BCUT2D eigenvalue weighted by Crippen LogP contribution is -2.38. The number of thioether (sulfide) groups is 1. The van der Waals surface area contributed by atoms with Gasteiger partial charge in [-0.15, -0.1) is 0 Å². The number of nitrogens with zero attached hydrogens (tertiary/aromatic N) is 2. The maximum absolute atomic E-state index is 5.35. The van der Waals surface area contributed by atoms with Crippen LogP contribution < -0.4 is 10.1 Å². The van der Waals surface area contributed by atoms with Gasteiger partial charge in [0.15, 0.2) is 5.82 Å². The first-order valence-electron chi connectivity index (χ1n) is 7.09. The minimum absolute atomic E-state index is 0.443. The molecule has 1 aliphatic heterocycles. The van der Waals surface area contributed by atoms with Crippen LogP contribution in [0.25, 0.3) is 0 Å². The first-order valence-corrected chi connectivity index (χ1v) is 8.24. The van der Waals surface area contributed by atoms with Crippen molar-refractivity contribution in [3.8, 4) is 5.75 Å². The van der Waals surface area contributed by atoms with Gasteiger partial charge in [-0.25, -0.2) is 0 Å². The third-order valence-electron chi connectivity index (χ3n) is 3.45. The van der Waals surface area contributed by atoms with E-state index in [1.54, 1.807) is 7.11 Å². The fraction of sp³-hybridized carbons (Fsp3) is 0.467. The predicted octanol–water partition coefficient (Wildman–Crippen LogP) is 1.92. The van der Waals surface area contributed by atoms with Crippen molar-refractivity contribution in [2.75, 3.05) is 25.2 Å². The summed E-state index contributed by atoms with van der Waals surface area (Å²) in [5.41, 5.74) is 1.15. The van der Waals surface area contributed by atoms with Crippen molar-refractivity contribution in [1.82, 2.24) is 15.5 Å². The Morgan fingerprint density at radius 3 is 2.95 bits per heavy atom. The molecule has 0 bridgehead atoms. The van der Waals surface area contributed by atoms with E-state index < -0.39 is 0 Å². The molecular weight excluding hydrogens is 286 g/mol. The molecule has 1 aromatic carbocycles. The molecule has 1 atom stereocenters. The number of nitrogens with one attached hydrogen (secondary N) is 1. The summed E-state index contributed by atoms with van der Waals surface area (Å²) in [6.45, 7) is 1.06. The van der Waals surface area contributed by atoms with Gasteiger partial charge in [0.25, 0.3) is 0 Å². The lowest BCUT2D eigenvalue weighted by molar-refractivity contribution is 0.359. The molecular formula is C15H19N3O2S. The second-order valence-electron chi connectivity index (χ2n) is 5.06. The number of ether oxygens (including phenoxy) is 1. The molecule has 5 nitrogen and oxygen atoms in total. The maximum atomic E-state index is 5.35. The van der Waals surface area contributed by atoms with Gasteiger partial charge in [0.2, 0.25) is 5.89 Å². The topological polar surface area (TPSA) is 60.2 Å². The van der Waals surface area contributed by atoms with Crippen molar-refractivity contribution >= 4 is 11.8 Å². The molecule has 1 unspecified atom stereocenters. The van der Waals surface area contributed by atoms with E-state index in [1.165, 1.54) is 5.75 Å². The monoisotopic (exact) mass is 305 g/mol. The first-order chi connectivity index (χ1) is 10.3. The lowest BCUT2D eigenvalue weighted by atomic mass is 10.1. The molecule has 0 spiro atoms. The Morgan fingerprint density at radius 2 is 2.24 bits per heavy atom. The van der Waals surface area contributed by atoms with Crippen LogP contribution in [-0.4, -0.2) is 41.3 Å². The minimum Gasteiger partial charge on any atom is -0.497 e. The molecule has 1 N–H and O–H groups in total. The molecule has 1 saturated heterocycles. The molecule has 2 aromatic rings. The van der Waals surface area contributed by atoms with Crippen LogP contribution in [0.4, 0.5) is 0 Å². The van der Waals surface area contributed by atoms with Crippen molar-refractivity contribution in [3.05, 3.63) is 41.5 Å². The van der Waals surface area contributed by atoms with Crippen molar-refractivity contribution in [3.63, 3.8) is 0 Å². The van der Waals surface area contributed by atoms with E-state index in [0.29, 0.717) is 12.5 Å².